The lowest BCUT2D eigenvalue weighted by Crippen LogP contribution is -2.36. The molecule has 0 atom stereocenters. The van der Waals surface area contributed by atoms with Gasteiger partial charge in [0.05, 0.1) is 24.0 Å². The Morgan fingerprint density at radius 3 is 2.86 bits per heavy atom. The van der Waals surface area contributed by atoms with Gasteiger partial charge < -0.3 is 10.2 Å². The molecule has 1 saturated heterocycles. The summed E-state index contributed by atoms with van der Waals surface area (Å²) in [5.74, 6) is 0.486. The first-order valence-corrected chi connectivity index (χ1v) is 9.53. The molecule has 0 radical (unpaired) electrons. The zero-order valence-corrected chi connectivity index (χ0v) is 16.3. The molecule has 8 nitrogen and oxygen atoms in total. The molecular weight excluding hydrogens is 354 g/mol. The van der Waals surface area contributed by atoms with Gasteiger partial charge in [-0.05, 0) is 38.7 Å². The van der Waals surface area contributed by atoms with Gasteiger partial charge in [0.15, 0.2) is 0 Å². The zero-order chi connectivity index (χ0) is 19.5. The predicted octanol–water partition coefficient (Wildman–Crippen LogP) is 1.61. The third-order valence-electron chi connectivity index (χ3n) is 5.02. The highest BCUT2D eigenvalue weighted by molar-refractivity contribution is 5.93. The van der Waals surface area contributed by atoms with E-state index in [0.717, 1.165) is 54.8 Å². The van der Waals surface area contributed by atoms with Crippen molar-refractivity contribution in [2.75, 3.05) is 45.1 Å². The van der Waals surface area contributed by atoms with Crippen LogP contribution in [0.4, 0.5) is 5.82 Å². The SMILES string of the molecule is CN1CCCN(CC(=O)Nc2cc3nc(-c4cnn(C)c4)ccc3cn2)CC1. The van der Waals surface area contributed by atoms with Crippen molar-refractivity contribution in [2.24, 2.45) is 7.05 Å². The zero-order valence-electron chi connectivity index (χ0n) is 16.3. The highest BCUT2D eigenvalue weighted by atomic mass is 16.2. The number of aryl methyl sites for hydroxylation is 1. The van der Waals surface area contributed by atoms with Crippen LogP contribution in [0, 0.1) is 0 Å². The van der Waals surface area contributed by atoms with Crippen molar-refractivity contribution in [1.29, 1.82) is 0 Å². The number of pyridine rings is 2. The molecule has 0 unspecified atom stereocenters. The van der Waals surface area contributed by atoms with Gasteiger partial charge in [0.25, 0.3) is 0 Å². The summed E-state index contributed by atoms with van der Waals surface area (Å²) in [6.45, 7) is 4.30. The number of hydrogen-bond donors (Lipinski definition) is 1. The number of nitrogens with one attached hydrogen (secondary N) is 1. The molecule has 1 aliphatic heterocycles. The van der Waals surface area contributed by atoms with Crippen LogP contribution in [0.3, 0.4) is 0 Å². The summed E-state index contributed by atoms with van der Waals surface area (Å²) in [5, 5.41) is 8.04. The van der Waals surface area contributed by atoms with Gasteiger partial charge in [-0.25, -0.2) is 9.97 Å². The van der Waals surface area contributed by atoms with Gasteiger partial charge >= 0.3 is 0 Å². The second kappa shape index (κ2) is 8.04. The van der Waals surface area contributed by atoms with Crippen LogP contribution in [0.15, 0.2) is 36.8 Å². The minimum Gasteiger partial charge on any atom is -0.310 e. The normalized spacial score (nSPS) is 16.2. The number of amides is 1. The van der Waals surface area contributed by atoms with E-state index in [4.69, 9.17) is 4.98 Å². The van der Waals surface area contributed by atoms with Crippen molar-refractivity contribution >= 4 is 22.6 Å². The summed E-state index contributed by atoms with van der Waals surface area (Å²) in [6, 6.07) is 5.76. The maximum absolute atomic E-state index is 12.5. The Labute approximate surface area is 164 Å². The molecule has 0 aromatic carbocycles. The highest BCUT2D eigenvalue weighted by Crippen LogP contribution is 2.21. The summed E-state index contributed by atoms with van der Waals surface area (Å²) < 4.78 is 1.75. The lowest BCUT2D eigenvalue weighted by molar-refractivity contribution is -0.117. The molecule has 0 bridgehead atoms. The summed E-state index contributed by atoms with van der Waals surface area (Å²) >= 11 is 0. The number of anilines is 1. The monoisotopic (exact) mass is 379 g/mol. The number of carbonyl (C=O) groups is 1. The van der Waals surface area contributed by atoms with Gasteiger partial charge in [-0.1, -0.05) is 0 Å². The molecule has 8 heteroatoms. The third-order valence-corrected chi connectivity index (χ3v) is 5.02. The van der Waals surface area contributed by atoms with Crippen molar-refractivity contribution in [3.63, 3.8) is 0 Å². The van der Waals surface area contributed by atoms with Crippen molar-refractivity contribution in [2.45, 2.75) is 6.42 Å². The molecule has 1 amide bonds. The van der Waals surface area contributed by atoms with E-state index < -0.39 is 0 Å². The number of nitrogens with zero attached hydrogens (tertiary/aromatic N) is 6. The molecule has 0 aliphatic carbocycles. The molecule has 4 heterocycles. The summed E-state index contributed by atoms with van der Waals surface area (Å²) in [5.41, 5.74) is 2.60. The van der Waals surface area contributed by atoms with E-state index in [1.54, 1.807) is 17.1 Å². The predicted molar refractivity (Wildman–Crippen MR) is 109 cm³/mol. The number of carbonyl (C=O) groups excluding carboxylic acids is 1. The van der Waals surface area contributed by atoms with Gasteiger partial charge in [0.2, 0.25) is 5.91 Å². The Morgan fingerprint density at radius 1 is 1.14 bits per heavy atom. The quantitative estimate of drug-likeness (QED) is 0.742. The Morgan fingerprint density at radius 2 is 2.04 bits per heavy atom. The first-order chi connectivity index (χ1) is 13.6. The van der Waals surface area contributed by atoms with E-state index in [9.17, 15) is 4.79 Å². The maximum Gasteiger partial charge on any atom is 0.239 e. The minimum atomic E-state index is -0.0418. The number of rotatable bonds is 4. The number of likely N-dealkylation sites (N-methyl/N-ethyl adjacent to an activating group) is 1. The standard InChI is InChI=1S/C20H25N7O/c1-25-6-3-7-27(9-8-25)14-20(28)24-19-10-18-15(11-21-19)4-5-17(23-18)16-12-22-26(2)13-16/h4-5,10-13H,3,6-9,14H2,1-2H3,(H,21,24,28). The van der Waals surface area contributed by atoms with Crippen LogP contribution in [0.1, 0.15) is 6.42 Å². The lowest BCUT2D eigenvalue weighted by Gasteiger charge is -2.19. The van der Waals surface area contributed by atoms with Crippen LogP contribution in [0.2, 0.25) is 0 Å². The Kier molecular flexibility index (Phi) is 5.31. The molecule has 1 fully saturated rings. The molecule has 146 valence electrons. The molecule has 4 rings (SSSR count). The smallest absolute Gasteiger partial charge is 0.239 e. The summed E-state index contributed by atoms with van der Waals surface area (Å²) in [6.07, 6.45) is 6.54. The van der Waals surface area contributed by atoms with Gasteiger partial charge in [0, 0.05) is 49.5 Å². The van der Waals surface area contributed by atoms with Crippen LogP contribution in [-0.2, 0) is 11.8 Å². The van der Waals surface area contributed by atoms with Crippen LogP contribution < -0.4 is 5.32 Å². The van der Waals surface area contributed by atoms with Crippen molar-refractivity contribution in [3.8, 4) is 11.3 Å². The molecule has 1 N–H and O–H groups in total. The van der Waals surface area contributed by atoms with Gasteiger partial charge in [-0.3, -0.25) is 14.4 Å². The minimum absolute atomic E-state index is 0.0418. The van der Waals surface area contributed by atoms with Gasteiger partial charge in [-0.15, -0.1) is 0 Å². The van der Waals surface area contributed by atoms with E-state index in [1.807, 2.05) is 31.4 Å². The first kappa shape index (κ1) is 18.5. The molecule has 3 aromatic heterocycles. The second-order valence-corrected chi connectivity index (χ2v) is 7.34. The second-order valence-electron chi connectivity index (χ2n) is 7.34. The largest absolute Gasteiger partial charge is 0.310 e. The number of fused-ring (bicyclic) bond motifs is 1. The van der Waals surface area contributed by atoms with E-state index in [-0.39, 0.29) is 5.91 Å². The number of hydrogen-bond acceptors (Lipinski definition) is 6. The number of aromatic nitrogens is 4. The van der Waals surface area contributed by atoms with E-state index in [2.05, 4.69) is 32.2 Å². The third kappa shape index (κ3) is 4.35. The fraction of sp³-hybridized carbons (Fsp3) is 0.400. The summed E-state index contributed by atoms with van der Waals surface area (Å²) in [4.78, 5) is 26.0. The van der Waals surface area contributed by atoms with Crippen LogP contribution in [0.25, 0.3) is 22.2 Å². The van der Waals surface area contributed by atoms with Crippen molar-refractivity contribution < 1.29 is 4.79 Å². The maximum atomic E-state index is 12.5. The molecule has 28 heavy (non-hydrogen) atoms. The molecule has 3 aromatic rings. The Balaban J connectivity index is 1.46. The lowest BCUT2D eigenvalue weighted by atomic mass is 10.2. The molecular formula is C20H25N7O. The van der Waals surface area contributed by atoms with Crippen LogP contribution >= 0.6 is 0 Å². The topological polar surface area (TPSA) is 79.2 Å². The summed E-state index contributed by atoms with van der Waals surface area (Å²) in [7, 11) is 4.00. The van der Waals surface area contributed by atoms with Gasteiger partial charge in [-0.2, -0.15) is 5.10 Å². The molecule has 0 saturated carbocycles. The Bertz CT molecular complexity index is 984. The fourth-order valence-corrected chi connectivity index (χ4v) is 3.44. The van der Waals surface area contributed by atoms with Crippen LogP contribution in [-0.4, -0.2) is 75.2 Å². The van der Waals surface area contributed by atoms with Gasteiger partial charge in [0.1, 0.15) is 5.82 Å². The highest BCUT2D eigenvalue weighted by Gasteiger charge is 2.15. The van der Waals surface area contributed by atoms with Crippen LogP contribution in [0.5, 0.6) is 0 Å². The van der Waals surface area contributed by atoms with E-state index in [1.165, 1.54) is 0 Å². The van der Waals surface area contributed by atoms with Crippen molar-refractivity contribution in [3.05, 3.63) is 36.8 Å². The molecule has 1 aliphatic rings. The van der Waals surface area contributed by atoms with Crippen molar-refractivity contribution in [1.82, 2.24) is 29.5 Å². The van der Waals surface area contributed by atoms with E-state index in [0.29, 0.717) is 12.4 Å². The average Bonchev–Trinajstić information content (AvgIpc) is 3.01. The van der Waals surface area contributed by atoms with E-state index >= 15 is 0 Å². The molecule has 0 spiro atoms. The first-order valence-electron chi connectivity index (χ1n) is 9.53. The Hall–Kier alpha value is -2.84. The average molecular weight is 379 g/mol. The fourth-order valence-electron chi connectivity index (χ4n) is 3.44.